The number of hydrogen-bond acceptors (Lipinski definition) is 5. The number of anilines is 1. The van der Waals surface area contributed by atoms with Crippen molar-refractivity contribution in [1.82, 2.24) is 9.88 Å². The van der Waals surface area contributed by atoms with E-state index in [0.29, 0.717) is 23.8 Å². The lowest BCUT2D eigenvalue weighted by atomic mass is 9.86. The quantitative estimate of drug-likeness (QED) is 0.348. The molecule has 1 heterocycles. The number of nitrogens with zero attached hydrogens (tertiary/aromatic N) is 3. The molecular formula is C26H36ClN3O2S. The number of likely N-dealkylation sites (N-methyl/N-ethyl adjacent to an activating group) is 1. The number of benzene rings is 2. The number of hydrogen-bond donors (Lipinski definition) is 0. The molecule has 0 unspecified atom stereocenters. The second kappa shape index (κ2) is 11.8. The number of carbonyl (C=O) groups excluding carboxylic acids is 1. The Bertz CT molecular complexity index is 1040. The van der Waals surface area contributed by atoms with Crippen molar-refractivity contribution in [3.63, 3.8) is 0 Å². The van der Waals surface area contributed by atoms with Crippen LogP contribution in [-0.2, 0) is 5.41 Å². The van der Waals surface area contributed by atoms with Gasteiger partial charge in [0.2, 0.25) is 0 Å². The Morgan fingerprint density at radius 3 is 2.24 bits per heavy atom. The second-order valence-corrected chi connectivity index (χ2v) is 9.85. The Hall–Kier alpha value is -2.15. The number of ether oxygens (including phenoxy) is 1. The summed E-state index contributed by atoms with van der Waals surface area (Å²) in [6.45, 7) is 16.7. The SMILES string of the molecule is CCOc1cccc2sc(N(CCN(CC)CC)C(=O)c3ccc(C(C)(C)C)cc3)nc12.Cl. The molecule has 7 heteroatoms. The maximum absolute atomic E-state index is 13.6. The Morgan fingerprint density at radius 2 is 1.67 bits per heavy atom. The Kier molecular flexibility index (Phi) is 9.70. The van der Waals surface area contributed by atoms with E-state index in [2.05, 4.69) is 51.7 Å². The van der Waals surface area contributed by atoms with Crippen LogP contribution >= 0.6 is 23.7 Å². The minimum absolute atomic E-state index is 0. The molecule has 0 saturated carbocycles. The number of rotatable bonds is 9. The zero-order valence-corrected chi connectivity index (χ0v) is 22.2. The van der Waals surface area contributed by atoms with E-state index < -0.39 is 0 Å². The van der Waals surface area contributed by atoms with Crippen LogP contribution in [0.4, 0.5) is 5.13 Å². The fourth-order valence-corrected chi connectivity index (χ4v) is 4.64. The molecule has 3 rings (SSSR count). The molecule has 2 aromatic carbocycles. The molecule has 0 saturated heterocycles. The Balaban J connectivity index is 0.00000385. The lowest BCUT2D eigenvalue weighted by Crippen LogP contribution is -2.38. The molecule has 33 heavy (non-hydrogen) atoms. The molecule has 0 aliphatic rings. The molecule has 0 aliphatic carbocycles. The molecule has 3 aromatic rings. The maximum Gasteiger partial charge on any atom is 0.260 e. The van der Waals surface area contributed by atoms with Gasteiger partial charge in [0.1, 0.15) is 11.3 Å². The molecule has 0 bridgehead atoms. The number of carbonyl (C=O) groups is 1. The van der Waals surface area contributed by atoms with Crippen LogP contribution in [0.3, 0.4) is 0 Å². The first kappa shape index (κ1) is 27.1. The van der Waals surface area contributed by atoms with Crippen molar-refractivity contribution in [3.05, 3.63) is 53.6 Å². The summed E-state index contributed by atoms with van der Waals surface area (Å²) in [5.74, 6) is 0.743. The van der Waals surface area contributed by atoms with Gasteiger partial charge in [0.15, 0.2) is 5.13 Å². The predicted octanol–water partition coefficient (Wildman–Crippen LogP) is 6.40. The normalized spacial score (nSPS) is 11.5. The number of halogens is 1. The fourth-order valence-electron chi connectivity index (χ4n) is 3.63. The highest BCUT2D eigenvalue weighted by molar-refractivity contribution is 7.22. The second-order valence-electron chi connectivity index (χ2n) is 8.84. The van der Waals surface area contributed by atoms with Gasteiger partial charge in [0.25, 0.3) is 5.91 Å². The number of para-hydroxylation sites is 1. The average Bonchev–Trinajstić information content (AvgIpc) is 3.21. The third kappa shape index (κ3) is 6.46. The molecule has 1 aromatic heterocycles. The highest BCUT2D eigenvalue weighted by Gasteiger charge is 2.23. The Labute approximate surface area is 208 Å². The van der Waals surface area contributed by atoms with Crippen LogP contribution in [-0.4, -0.2) is 48.6 Å². The number of aromatic nitrogens is 1. The number of thiazole rings is 1. The molecule has 0 aliphatic heterocycles. The van der Waals surface area contributed by atoms with Gasteiger partial charge in [-0.1, -0.05) is 64.2 Å². The zero-order valence-electron chi connectivity index (χ0n) is 20.6. The summed E-state index contributed by atoms with van der Waals surface area (Å²) < 4.78 is 6.79. The summed E-state index contributed by atoms with van der Waals surface area (Å²) in [5.41, 5.74) is 2.76. The third-order valence-corrected chi connectivity index (χ3v) is 6.72. The van der Waals surface area contributed by atoms with E-state index in [-0.39, 0.29) is 23.7 Å². The van der Waals surface area contributed by atoms with Crippen LogP contribution in [0.25, 0.3) is 10.2 Å². The van der Waals surface area contributed by atoms with Gasteiger partial charge in [-0.2, -0.15) is 0 Å². The number of fused-ring (bicyclic) bond motifs is 1. The van der Waals surface area contributed by atoms with Crippen LogP contribution in [0.5, 0.6) is 5.75 Å². The first-order valence-corrected chi connectivity index (χ1v) is 12.3. The fraction of sp³-hybridized carbons (Fsp3) is 0.462. The molecule has 0 fully saturated rings. The van der Waals surface area contributed by atoms with Crippen LogP contribution in [0.1, 0.15) is 57.5 Å². The van der Waals surface area contributed by atoms with Crippen molar-refractivity contribution in [2.45, 2.75) is 47.0 Å². The summed E-state index contributed by atoms with van der Waals surface area (Å²) in [6, 6.07) is 13.9. The lowest BCUT2D eigenvalue weighted by molar-refractivity contribution is 0.0983. The van der Waals surface area contributed by atoms with Gasteiger partial charge in [-0.15, -0.1) is 12.4 Å². The van der Waals surface area contributed by atoms with Gasteiger partial charge >= 0.3 is 0 Å². The van der Waals surface area contributed by atoms with Crippen LogP contribution in [0.15, 0.2) is 42.5 Å². The molecule has 1 amide bonds. The summed E-state index contributed by atoms with van der Waals surface area (Å²) in [6.07, 6.45) is 0. The van der Waals surface area contributed by atoms with Gasteiger partial charge in [0.05, 0.1) is 11.3 Å². The van der Waals surface area contributed by atoms with Gasteiger partial charge in [-0.05, 0) is 55.3 Å². The molecule has 0 spiro atoms. The van der Waals surface area contributed by atoms with E-state index in [4.69, 9.17) is 9.72 Å². The summed E-state index contributed by atoms with van der Waals surface area (Å²) in [5, 5.41) is 0.712. The van der Waals surface area contributed by atoms with Crippen molar-refractivity contribution in [3.8, 4) is 5.75 Å². The lowest BCUT2D eigenvalue weighted by Gasteiger charge is -2.25. The van der Waals surface area contributed by atoms with E-state index in [1.165, 1.54) is 16.9 Å². The van der Waals surface area contributed by atoms with Crippen LogP contribution < -0.4 is 9.64 Å². The van der Waals surface area contributed by atoms with Gasteiger partial charge in [-0.25, -0.2) is 4.98 Å². The van der Waals surface area contributed by atoms with Crippen molar-refractivity contribution >= 4 is 45.0 Å². The smallest absolute Gasteiger partial charge is 0.260 e. The summed E-state index contributed by atoms with van der Waals surface area (Å²) >= 11 is 1.54. The van der Waals surface area contributed by atoms with Gasteiger partial charge in [-0.3, -0.25) is 9.69 Å². The van der Waals surface area contributed by atoms with E-state index >= 15 is 0 Å². The first-order valence-electron chi connectivity index (χ1n) is 11.5. The maximum atomic E-state index is 13.6. The molecule has 0 radical (unpaired) electrons. The summed E-state index contributed by atoms with van der Waals surface area (Å²) in [7, 11) is 0. The summed E-state index contributed by atoms with van der Waals surface area (Å²) in [4.78, 5) is 22.6. The van der Waals surface area contributed by atoms with Crippen molar-refractivity contribution in [1.29, 1.82) is 0 Å². The van der Waals surface area contributed by atoms with Crippen LogP contribution in [0.2, 0.25) is 0 Å². The first-order chi connectivity index (χ1) is 15.3. The molecular weight excluding hydrogens is 454 g/mol. The minimum atomic E-state index is -0.0189. The third-order valence-electron chi connectivity index (χ3n) is 5.68. The van der Waals surface area contributed by atoms with E-state index in [1.807, 2.05) is 42.2 Å². The van der Waals surface area contributed by atoms with Crippen molar-refractivity contribution in [2.75, 3.05) is 37.7 Å². The largest absolute Gasteiger partial charge is 0.492 e. The van der Waals surface area contributed by atoms with E-state index in [1.54, 1.807) is 0 Å². The van der Waals surface area contributed by atoms with Gasteiger partial charge in [0, 0.05) is 18.7 Å². The highest BCUT2D eigenvalue weighted by atomic mass is 35.5. The molecule has 5 nitrogen and oxygen atoms in total. The Morgan fingerprint density at radius 1 is 1.00 bits per heavy atom. The highest BCUT2D eigenvalue weighted by Crippen LogP contribution is 2.35. The topological polar surface area (TPSA) is 45.7 Å². The molecule has 0 N–H and O–H groups in total. The molecule has 180 valence electrons. The van der Waals surface area contributed by atoms with Gasteiger partial charge < -0.3 is 9.64 Å². The van der Waals surface area contributed by atoms with Crippen LogP contribution in [0, 0.1) is 0 Å². The van der Waals surface area contributed by atoms with Crippen molar-refractivity contribution in [2.24, 2.45) is 0 Å². The van der Waals surface area contributed by atoms with E-state index in [9.17, 15) is 4.79 Å². The van der Waals surface area contributed by atoms with E-state index in [0.717, 1.165) is 35.6 Å². The average molecular weight is 490 g/mol. The minimum Gasteiger partial charge on any atom is -0.492 e. The molecule has 0 atom stereocenters. The predicted molar refractivity (Wildman–Crippen MR) is 143 cm³/mol. The standard InChI is InChI=1S/C26H35N3O2S.ClH/c1-7-28(8-2)17-18-29(24(30)19-13-15-20(16-14-19)26(4,5)6)25-27-23-21(31-9-3)11-10-12-22(23)32-25;/h10-16H,7-9,17-18H2,1-6H3;1H. The zero-order chi connectivity index (χ0) is 23.3. The van der Waals surface area contributed by atoms with Crippen molar-refractivity contribution < 1.29 is 9.53 Å². The number of amides is 1. The monoisotopic (exact) mass is 489 g/mol.